The molecule has 8 heteroatoms. The highest BCUT2D eigenvalue weighted by Crippen LogP contribution is 2.27. The summed E-state index contributed by atoms with van der Waals surface area (Å²) in [6.07, 6.45) is 3.39. The monoisotopic (exact) mass is 424 g/mol. The Balaban J connectivity index is 1.61. The van der Waals surface area contributed by atoms with E-state index in [9.17, 15) is 4.79 Å². The molecule has 1 aromatic heterocycles. The molecule has 0 atom stereocenters. The van der Waals surface area contributed by atoms with Gasteiger partial charge in [0.1, 0.15) is 5.03 Å². The number of nitrogens with zero attached hydrogens (tertiary/aromatic N) is 3. The van der Waals surface area contributed by atoms with Gasteiger partial charge in [-0.25, -0.2) is 9.97 Å². The molecule has 1 fully saturated rings. The summed E-state index contributed by atoms with van der Waals surface area (Å²) in [5.41, 5.74) is 0.780. The van der Waals surface area contributed by atoms with Crippen LogP contribution in [0, 0.1) is 0 Å². The minimum atomic E-state index is -0.0519. The normalized spacial score (nSPS) is 14.5. The zero-order valence-corrected chi connectivity index (χ0v) is 16.2. The minimum absolute atomic E-state index is 0.0519. The zero-order chi connectivity index (χ0) is 16.8. The highest BCUT2D eigenvalue weighted by Gasteiger charge is 2.17. The second-order valence-corrected chi connectivity index (χ2v) is 8.24. The number of amides is 1. The summed E-state index contributed by atoms with van der Waals surface area (Å²) in [6, 6.07) is 7.56. The molecule has 1 aliphatic rings. The molecule has 1 N–H and O–H groups in total. The molecule has 1 amide bonds. The van der Waals surface area contributed by atoms with Gasteiger partial charge in [-0.05, 0) is 18.2 Å². The third-order valence-corrected chi connectivity index (χ3v) is 5.81. The maximum atomic E-state index is 12.2. The molecule has 0 saturated carbocycles. The van der Waals surface area contributed by atoms with E-state index in [0.717, 1.165) is 45.6 Å². The molecule has 2 heterocycles. The second kappa shape index (κ2) is 8.73. The number of carbonyl (C=O) groups is 1. The van der Waals surface area contributed by atoms with Crippen molar-refractivity contribution in [3.8, 4) is 0 Å². The molecule has 0 aliphatic carbocycles. The average molecular weight is 425 g/mol. The first-order chi connectivity index (χ1) is 11.7. The van der Waals surface area contributed by atoms with Gasteiger partial charge in [0.2, 0.25) is 5.91 Å². The summed E-state index contributed by atoms with van der Waals surface area (Å²) in [4.78, 5) is 23.3. The number of anilines is 2. The van der Waals surface area contributed by atoms with Gasteiger partial charge in [0.25, 0.3) is 0 Å². The van der Waals surface area contributed by atoms with Crippen molar-refractivity contribution in [2.24, 2.45) is 0 Å². The van der Waals surface area contributed by atoms with Gasteiger partial charge in [0, 0.05) is 47.1 Å². The summed E-state index contributed by atoms with van der Waals surface area (Å²) in [7, 11) is 0. The second-order valence-electron chi connectivity index (χ2n) is 5.13. The van der Waals surface area contributed by atoms with Crippen molar-refractivity contribution >= 4 is 56.9 Å². The maximum absolute atomic E-state index is 12.2. The molecule has 2 aromatic rings. The van der Waals surface area contributed by atoms with Gasteiger partial charge in [-0.3, -0.25) is 4.79 Å². The van der Waals surface area contributed by atoms with Crippen LogP contribution < -0.4 is 10.2 Å². The predicted octanol–water partition coefficient (Wildman–Crippen LogP) is 3.52. The highest BCUT2D eigenvalue weighted by molar-refractivity contribution is 9.10. The smallest absolute Gasteiger partial charge is 0.234 e. The van der Waals surface area contributed by atoms with Crippen LogP contribution in [0.25, 0.3) is 0 Å². The third kappa shape index (κ3) is 4.87. The summed E-state index contributed by atoms with van der Waals surface area (Å²) in [5.74, 6) is 3.34. The van der Waals surface area contributed by atoms with Gasteiger partial charge in [-0.2, -0.15) is 11.8 Å². The van der Waals surface area contributed by atoms with E-state index in [1.54, 1.807) is 12.4 Å². The molecular weight excluding hydrogens is 408 g/mol. The summed E-state index contributed by atoms with van der Waals surface area (Å²) in [6.45, 7) is 1.95. The molecule has 0 unspecified atom stereocenters. The van der Waals surface area contributed by atoms with E-state index in [-0.39, 0.29) is 5.91 Å². The Bertz CT molecular complexity index is 710. The molecule has 0 spiro atoms. The van der Waals surface area contributed by atoms with E-state index in [1.165, 1.54) is 11.8 Å². The third-order valence-electron chi connectivity index (χ3n) is 3.41. The van der Waals surface area contributed by atoms with E-state index < -0.39 is 0 Å². The zero-order valence-electron chi connectivity index (χ0n) is 12.9. The summed E-state index contributed by atoms with van der Waals surface area (Å²) >= 11 is 6.78. The van der Waals surface area contributed by atoms with Crippen molar-refractivity contribution in [1.82, 2.24) is 9.97 Å². The van der Waals surface area contributed by atoms with Crippen LogP contribution in [0.2, 0.25) is 0 Å². The minimum Gasteiger partial charge on any atom is -0.353 e. The van der Waals surface area contributed by atoms with E-state index in [4.69, 9.17) is 0 Å². The molecule has 1 saturated heterocycles. The number of halogens is 1. The number of rotatable bonds is 5. The van der Waals surface area contributed by atoms with Crippen LogP contribution >= 0.6 is 39.5 Å². The number of thioether (sulfide) groups is 2. The van der Waals surface area contributed by atoms with Crippen molar-refractivity contribution < 1.29 is 4.79 Å². The molecule has 126 valence electrons. The lowest BCUT2D eigenvalue weighted by Gasteiger charge is -2.28. The number of hydrogen-bond donors (Lipinski definition) is 1. The van der Waals surface area contributed by atoms with Gasteiger partial charge in [0.15, 0.2) is 5.82 Å². The quantitative estimate of drug-likeness (QED) is 0.740. The molecule has 0 radical (unpaired) electrons. The summed E-state index contributed by atoms with van der Waals surface area (Å²) < 4.78 is 0.937. The average Bonchev–Trinajstić information content (AvgIpc) is 2.61. The van der Waals surface area contributed by atoms with Crippen molar-refractivity contribution in [1.29, 1.82) is 0 Å². The van der Waals surface area contributed by atoms with Gasteiger partial charge in [-0.1, -0.05) is 33.8 Å². The van der Waals surface area contributed by atoms with Crippen LogP contribution in [0.1, 0.15) is 0 Å². The molecule has 0 bridgehead atoms. The topological polar surface area (TPSA) is 58.1 Å². The number of nitrogens with one attached hydrogen (secondary N) is 1. The van der Waals surface area contributed by atoms with Crippen LogP contribution in [-0.4, -0.2) is 46.2 Å². The molecular formula is C16H17BrN4OS2. The first-order valence-corrected chi connectivity index (χ1v) is 10.5. The molecule has 5 nitrogen and oxygen atoms in total. The van der Waals surface area contributed by atoms with Gasteiger partial charge in [0.05, 0.1) is 5.75 Å². The van der Waals surface area contributed by atoms with Crippen molar-refractivity contribution in [3.05, 3.63) is 41.1 Å². The van der Waals surface area contributed by atoms with Gasteiger partial charge >= 0.3 is 0 Å². The SMILES string of the molecule is O=C(CSc1nccnc1N1CCSCC1)Nc1cccc(Br)c1. The van der Waals surface area contributed by atoms with Crippen molar-refractivity contribution in [2.75, 3.05) is 40.6 Å². The maximum Gasteiger partial charge on any atom is 0.234 e. The highest BCUT2D eigenvalue weighted by atomic mass is 79.9. The van der Waals surface area contributed by atoms with E-state index in [2.05, 4.69) is 36.1 Å². The first-order valence-electron chi connectivity index (χ1n) is 7.54. The Morgan fingerprint density at radius 1 is 1.29 bits per heavy atom. The Labute approximate surface area is 158 Å². The Morgan fingerprint density at radius 2 is 2.08 bits per heavy atom. The number of aromatic nitrogens is 2. The Kier molecular flexibility index (Phi) is 6.39. The standard InChI is InChI=1S/C16H17BrN4OS2/c17-12-2-1-3-13(10-12)20-14(22)11-24-16-15(18-4-5-19-16)21-6-8-23-9-7-21/h1-5,10H,6-9,11H2,(H,20,22). The number of benzene rings is 1. The number of carbonyl (C=O) groups excluding carboxylic acids is 1. The molecule has 24 heavy (non-hydrogen) atoms. The fourth-order valence-corrected chi connectivity index (χ4v) is 4.40. The number of hydrogen-bond acceptors (Lipinski definition) is 6. The molecule has 1 aromatic carbocycles. The lowest BCUT2D eigenvalue weighted by molar-refractivity contribution is -0.113. The molecule has 1 aliphatic heterocycles. The first kappa shape index (κ1) is 17.6. The summed E-state index contributed by atoms with van der Waals surface area (Å²) in [5, 5.41) is 3.71. The lowest BCUT2D eigenvalue weighted by Crippen LogP contribution is -2.33. The Hall–Kier alpha value is -1.25. The van der Waals surface area contributed by atoms with E-state index in [0.29, 0.717) is 5.75 Å². The fraction of sp³-hybridized carbons (Fsp3) is 0.312. The van der Waals surface area contributed by atoms with Crippen LogP contribution in [0.15, 0.2) is 46.2 Å². The predicted molar refractivity (Wildman–Crippen MR) is 105 cm³/mol. The van der Waals surface area contributed by atoms with Crippen molar-refractivity contribution in [2.45, 2.75) is 5.03 Å². The van der Waals surface area contributed by atoms with E-state index >= 15 is 0 Å². The van der Waals surface area contributed by atoms with Crippen LogP contribution in [0.3, 0.4) is 0 Å². The van der Waals surface area contributed by atoms with Gasteiger partial charge < -0.3 is 10.2 Å². The van der Waals surface area contributed by atoms with E-state index in [1.807, 2.05) is 36.0 Å². The fourth-order valence-electron chi connectivity index (χ4n) is 2.31. The molecule has 3 rings (SSSR count). The largest absolute Gasteiger partial charge is 0.353 e. The van der Waals surface area contributed by atoms with Crippen LogP contribution in [0.4, 0.5) is 11.5 Å². The van der Waals surface area contributed by atoms with Crippen LogP contribution in [0.5, 0.6) is 0 Å². The lowest BCUT2D eigenvalue weighted by atomic mass is 10.3. The van der Waals surface area contributed by atoms with Crippen molar-refractivity contribution in [3.63, 3.8) is 0 Å². The van der Waals surface area contributed by atoms with Gasteiger partial charge in [-0.15, -0.1) is 0 Å². The Morgan fingerprint density at radius 3 is 2.88 bits per heavy atom. The van der Waals surface area contributed by atoms with Crippen LogP contribution in [-0.2, 0) is 4.79 Å².